The standard InChI is InChI=1S/C14H17/c1-4-10(2)13-6-5-11(3)14(9-13)12-7-8-12/h4-6,9-10,12H,1-2,7-8H2,3H3. The van der Waals surface area contributed by atoms with E-state index in [4.69, 9.17) is 0 Å². The molecule has 0 saturated heterocycles. The molecule has 0 bridgehead atoms. The van der Waals surface area contributed by atoms with Crippen LogP contribution in [0.15, 0.2) is 30.9 Å². The van der Waals surface area contributed by atoms with Crippen molar-refractivity contribution in [2.24, 2.45) is 0 Å². The maximum absolute atomic E-state index is 4.06. The molecule has 73 valence electrons. The van der Waals surface area contributed by atoms with Crippen LogP contribution in [0.4, 0.5) is 0 Å². The van der Waals surface area contributed by atoms with E-state index in [0.29, 0.717) is 0 Å². The molecule has 1 unspecified atom stereocenters. The minimum Gasteiger partial charge on any atom is -0.102 e. The molecule has 0 heterocycles. The van der Waals surface area contributed by atoms with Crippen LogP contribution in [0.2, 0.25) is 0 Å². The van der Waals surface area contributed by atoms with Gasteiger partial charge in [0.25, 0.3) is 0 Å². The van der Waals surface area contributed by atoms with Crippen molar-refractivity contribution in [2.45, 2.75) is 31.6 Å². The highest BCUT2D eigenvalue weighted by molar-refractivity contribution is 5.38. The Morgan fingerprint density at radius 3 is 2.71 bits per heavy atom. The van der Waals surface area contributed by atoms with Crippen molar-refractivity contribution in [3.05, 3.63) is 54.5 Å². The van der Waals surface area contributed by atoms with Gasteiger partial charge in [-0.1, -0.05) is 24.3 Å². The molecule has 0 aliphatic heterocycles. The first-order valence-electron chi connectivity index (χ1n) is 5.28. The minimum absolute atomic E-state index is 0.230. The van der Waals surface area contributed by atoms with Crippen LogP contribution in [0.25, 0.3) is 0 Å². The molecule has 2 rings (SSSR count). The zero-order valence-corrected chi connectivity index (χ0v) is 8.79. The highest BCUT2D eigenvalue weighted by Gasteiger charge is 2.25. The summed E-state index contributed by atoms with van der Waals surface area (Å²) in [5.74, 6) is 1.06. The number of rotatable bonds is 3. The van der Waals surface area contributed by atoms with Crippen LogP contribution in [0.5, 0.6) is 0 Å². The summed E-state index contributed by atoms with van der Waals surface area (Å²) in [6.45, 7) is 10.0. The Morgan fingerprint density at radius 1 is 1.43 bits per heavy atom. The van der Waals surface area contributed by atoms with Crippen molar-refractivity contribution in [3.8, 4) is 0 Å². The van der Waals surface area contributed by atoms with Gasteiger partial charge in [-0.3, -0.25) is 0 Å². The lowest BCUT2D eigenvalue weighted by Crippen LogP contribution is -1.93. The number of hydrogen-bond acceptors (Lipinski definition) is 0. The second-order valence-electron chi connectivity index (χ2n) is 4.23. The second kappa shape index (κ2) is 3.61. The molecule has 1 atom stereocenters. The molecule has 0 amide bonds. The fourth-order valence-corrected chi connectivity index (χ4v) is 1.86. The second-order valence-corrected chi connectivity index (χ2v) is 4.23. The van der Waals surface area contributed by atoms with Gasteiger partial charge in [0.05, 0.1) is 0 Å². The molecule has 1 aromatic rings. The average molecular weight is 185 g/mol. The maximum Gasteiger partial charge on any atom is 0.00157 e. The summed E-state index contributed by atoms with van der Waals surface area (Å²) in [5, 5.41) is 0. The summed E-state index contributed by atoms with van der Waals surface area (Å²) in [6, 6.07) is 6.69. The predicted molar refractivity (Wildman–Crippen MR) is 61.4 cm³/mol. The molecular formula is C14H17. The molecule has 14 heavy (non-hydrogen) atoms. The quantitative estimate of drug-likeness (QED) is 0.625. The van der Waals surface area contributed by atoms with Crippen molar-refractivity contribution in [2.75, 3.05) is 0 Å². The molecule has 1 saturated carbocycles. The summed E-state index contributed by atoms with van der Waals surface area (Å²) in [4.78, 5) is 0. The van der Waals surface area contributed by atoms with E-state index in [0.717, 1.165) is 5.92 Å². The van der Waals surface area contributed by atoms with Crippen LogP contribution in [0.3, 0.4) is 0 Å². The van der Waals surface area contributed by atoms with E-state index >= 15 is 0 Å². The molecule has 0 N–H and O–H groups in total. The topological polar surface area (TPSA) is 0 Å². The summed E-state index contributed by atoms with van der Waals surface area (Å²) in [7, 11) is 0. The van der Waals surface area contributed by atoms with E-state index in [1.54, 1.807) is 0 Å². The Bertz CT molecular complexity index is 345. The van der Waals surface area contributed by atoms with Gasteiger partial charge in [0.1, 0.15) is 0 Å². The first-order chi connectivity index (χ1) is 6.72. The Morgan fingerprint density at radius 2 is 2.14 bits per heavy atom. The van der Waals surface area contributed by atoms with Crippen molar-refractivity contribution in [3.63, 3.8) is 0 Å². The monoisotopic (exact) mass is 185 g/mol. The Hall–Kier alpha value is -1.04. The normalized spacial score (nSPS) is 17.9. The maximum atomic E-state index is 4.06. The summed E-state index contributed by atoms with van der Waals surface area (Å²) >= 11 is 0. The van der Waals surface area contributed by atoms with Crippen LogP contribution >= 0.6 is 0 Å². The average Bonchev–Trinajstić information content (AvgIpc) is 3.01. The number of benzene rings is 1. The fourth-order valence-electron chi connectivity index (χ4n) is 1.86. The van der Waals surface area contributed by atoms with Gasteiger partial charge < -0.3 is 0 Å². The van der Waals surface area contributed by atoms with Crippen LogP contribution in [0.1, 0.15) is 41.4 Å². The van der Waals surface area contributed by atoms with Crippen molar-refractivity contribution >= 4 is 0 Å². The Balaban J connectivity index is 2.34. The zero-order valence-electron chi connectivity index (χ0n) is 8.79. The van der Waals surface area contributed by atoms with Gasteiger partial charge in [-0.15, -0.1) is 6.58 Å². The van der Waals surface area contributed by atoms with Crippen molar-refractivity contribution in [1.29, 1.82) is 0 Å². The molecule has 1 aliphatic carbocycles. The lowest BCUT2D eigenvalue weighted by molar-refractivity contribution is 1.03. The van der Waals surface area contributed by atoms with E-state index in [-0.39, 0.29) is 5.92 Å². The molecule has 0 aromatic heterocycles. The Labute approximate surface area is 86.7 Å². The first-order valence-corrected chi connectivity index (χ1v) is 5.28. The molecule has 1 aliphatic rings. The largest absolute Gasteiger partial charge is 0.102 e. The van der Waals surface area contributed by atoms with E-state index in [1.165, 1.54) is 29.5 Å². The summed E-state index contributed by atoms with van der Waals surface area (Å²) in [5.41, 5.74) is 4.25. The van der Waals surface area contributed by atoms with Gasteiger partial charge in [0, 0.05) is 5.92 Å². The van der Waals surface area contributed by atoms with Crippen LogP contribution in [0, 0.1) is 13.8 Å². The molecule has 1 fully saturated rings. The number of aryl methyl sites for hydroxylation is 1. The van der Waals surface area contributed by atoms with Gasteiger partial charge in [0.2, 0.25) is 0 Å². The molecule has 0 heteroatoms. The van der Waals surface area contributed by atoms with Crippen molar-refractivity contribution < 1.29 is 0 Å². The zero-order chi connectivity index (χ0) is 10.1. The number of allylic oxidation sites excluding steroid dienone is 1. The lowest BCUT2D eigenvalue weighted by atomic mass is 9.95. The molecule has 1 aromatic carbocycles. The SMILES string of the molecule is [CH2]C(C=C)c1ccc(C)c(C2CC2)c1. The van der Waals surface area contributed by atoms with E-state index in [9.17, 15) is 0 Å². The smallest absolute Gasteiger partial charge is 0.00157 e. The highest BCUT2D eigenvalue weighted by Crippen LogP contribution is 2.42. The van der Waals surface area contributed by atoms with Crippen LogP contribution < -0.4 is 0 Å². The van der Waals surface area contributed by atoms with E-state index in [1.807, 2.05) is 6.08 Å². The van der Waals surface area contributed by atoms with Gasteiger partial charge in [-0.05, 0) is 49.3 Å². The highest BCUT2D eigenvalue weighted by atomic mass is 14.3. The van der Waals surface area contributed by atoms with Crippen LogP contribution in [-0.2, 0) is 0 Å². The van der Waals surface area contributed by atoms with Gasteiger partial charge in [0.15, 0.2) is 0 Å². The third-order valence-electron chi connectivity index (χ3n) is 3.03. The Kier molecular flexibility index (Phi) is 2.45. The van der Waals surface area contributed by atoms with Gasteiger partial charge in [-0.25, -0.2) is 0 Å². The van der Waals surface area contributed by atoms with Crippen LogP contribution in [-0.4, -0.2) is 0 Å². The third kappa shape index (κ3) is 1.75. The van der Waals surface area contributed by atoms with Crippen molar-refractivity contribution in [1.82, 2.24) is 0 Å². The fraction of sp³-hybridized carbons (Fsp3) is 0.357. The van der Waals surface area contributed by atoms with E-state index < -0.39 is 0 Å². The first kappa shape index (κ1) is 9.51. The molecular weight excluding hydrogens is 168 g/mol. The third-order valence-corrected chi connectivity index (χ3v) is 3.03. The molecule has 0 spiro atoms. The number of hydrogen-bond donors (Lipinski definition) is 0. The van der Waals surface area contributed by atoms with Gasteiger partial charge >= 0.3 is 0 Å². The lowest BCUT2D eigenvalue weighted by Gasteiger charge is -2.10. The molecule has 1 radical (unpaired) electrons. The minimum atomic E-state index is 0.230. The van der Waals surface area contributed by atoms with E-state index in [2.05, 4.69) is 38.6 Å². The predicted octanol–water partition coefficient (Wildman–Crippen LogP) is 3.98. The van der Waals surface area contributed by atoms with Gasteiger partial charge in [-0.2, -0.15) is 0 Å². The summed E-state index contributed by atoms with van der Waals surface area (Å²) < 4.78 is 0. The molecule has 0 nitrogen and oxygen atoms in total. The summed E-state index contributed by atoms with van der Waals surface area (Å²) in [6.07, 6.45) is 4.63.